The summed E-state index contributed by atoms with van der Waals surface area (Å²) in [6.45, 7) is 0.686. The predicted octanol–water partition coefficient (Wildman–Crippen LogP) is 1.04. The molecule has 4 nitrogen and oxygen atoms in total. The molecule has 1 atom stereocenters. The second kappa shape index (κ2) is 5.13. The molecule has 0 aliphatic carbocycles. The van der Waals surface area contributed by atoms with Crippen LogP contribution in [0, 0.1) is 6.92 Å². The van der Waals surface area contributed by atoms with Gasteiger partial charge in [-0.1, -0.05) is 0 Å². The Morgan fingerprint density at radius 2 is 2.24 bits per heavy atom. The molecule has 1 rings (SSSR count). The number of aliphatic hydroxyl groups is 1. The van der Waals surface area contributed by atoms with E-state index in [-0.39, 0.29) is 5.56 Å². The highest BCUT2D eigenvalue weighted by molar-refractivity contribution is 5.95. The van der Waals surface area contributed by atoms with Crippen LogP contribution in [-0.4, -0.2) is 34.8 Å². The molecule has 17 heavy (non-hydrogen) atoms. The van der Waals surface area contributed by atoms with E-state index in [0.29, 0.717) is 5.69 Å². The quantitative estimate of drug-likeness (QED) is 0.840. The van der Waals surface area contributed by atoms with Crippen molar-refractivity contribution < 1.29 is 23.1 Å². The Morgan fingerprint density at radius 1 is 1.59 bits per heavy atom. The number of aromatic nitrogens is 1. The summed E-state index contributed by atoms with van der Waals surface area (Å²) < 4.78 is 35.9. The van der Waals surface area contributed by atoms with Gasteiger partial charge in [0.25, 0.3) is 5.91 Å². The van der Waals surface area contributed by atoms with Crippen molar-refractivity contribution in [2.45, 2.75) is 19.2 Å². The molecule has 2 N–H and O–H groups in total. The van der Waals surface area contributed by atoms with E-state index < -0.39 is 24.7 Å². The number of nitrogens with one attached hydrogen (secondary N) is 1. The summed E-state index contributed by atoms with van der Waals surface area (Å²) in [6.07, 6.45) is -5.84. The fourth-order valence-corrected chi connectivity index (χ4v) is 1.12. The van der Waals surface area contributed by atoms with Gasteiger partial charge >= 0.3 is 6.18 Å². The van der Waals surface area contributed by atoms with Gasteiger partial charge in [0.1, 0.15) is 0 Å². The molecule has 0 aromatic carbocycles. The highest BCUT2D eigenvalue weighted by Gasteiger charge is 2.38. The highest BCUT2D eigenvalue weighted by Crippen LogP contribution is 2.19. The molecule has 0 fully saturated rings. The van der Waals surface area contributed by atoms with Gasteiger partial charge < -0.3 is 10.4 Å². The van der Waals surface area contributed by atoms with Gasteiger partial charge in [-0.15, -0.1) is 0 Å². The van der Waals surface area contributed by atoms with Gasteiger partial charge in [0, 0.05) is 11.9 Å². The summed E-state index contributed by atoms with van der Waals surface area (Å²) in [4.78, 5) is 15.3. The first-order valence-corrected chi connectivity index (χ1v) is 4.77. The van der Waals surface area contributed by atoms with Crippen LogP contribution in [0.5, 0.6) is 0 Å². The lowest BCUT2D eigenvalue weighted by Crippen LogP contribution is -2.40. The number of carbonyl (C=O) groups excluding carboxylic acids is 1. The second-order valence-electron chi connectivity index (χ2n) is 3.40. The number of pyridine rings is 1. The monoisotopic (exact) mass is 248 g/mol. The summed E-state index contributed by atoms with van der Waals surface area (Å²) in [6, 6.07) is 2.94. The molecule has 1 heterocycles. The average Bonchev–Trinajstić information content (AvgIpc) is 2.24. The third-order valence-corrected chi connectivity index (χ3v) is 2.09. The number of hydrogen-bond acceptors (Lipinski definition) is 3. The Bertz CT molecular complexity index is 407. The molecule has 1 unspecified atom stereocenters. The Kier molecular flexibility index (Phi) is 4.06. The van der Waals surface area contributed by atoms with Gasteiger partial charge in [-0.05, 0) is 19.1 Å². The van der Waals surface area contributed by atoms with Crippen LogP contribution < -0.4 is 5.32 Å². The molecule has 0 aliphatic heterocycles. The Balaban J connectivity index is 2.60. The van der Waals surface area contributed by atoms with E-state index in [2.05, 4.69) is 4.98 Å². The number of rotatable bonds is 3. The van der Waals surface area contributed by atoms with Crippen LogP contribution in [0.1, 0.15) is 16.1 Å². The van der Waals surface area contributed by atoms with Crippen LogP contribution in [0.4, 0.5) is 13.2 Å². The smallest absolute Gasteiger partial charge is 0.382 e. The third-order valence-electron chi connectivity index (χ3n) is 2.09. The van der Waals surface area contributed by atoms with E-state index in [1.807, 2.05) is 5.32 Å². The minimum absolute atomic E-state index is 0.182. The maximum atomic E-state index is 12.0. The van der Waals surface area contributed by atoms with E-state index in [4.69, 9.17) is 5.11 Å². The molecule has 0 radical (unpaired) electrons. The molecule has 7 heteroatoms. The molecule has 0 aliphatic rings. The molecule has 94 valence electrons. The second-order valence-corrected chi connectivity index (χ2v) is 3.40. The molecular formula is C10H11F3N2O2. The lowest BCUT2D eigenvalue weighted by Gasteiger charge is -2.15. The summed E-state index contributed by atoms with van der Waals surface area (Å²) in [5, 5.41) is 10.7. The molecule has 1 aromatic heterocycles. The van der Waals surface area contributed by atoms with Crippen LogP contribution in [0.15, 0.2) is 18.3 Å². The number of carbonyl (C=O) groups is 1. The Hall–Kier alpha value is -1.63. The minimum atomic E-state index is -4.74. The van der Waals surface area contributed by atoms with Crippen molar-refractivity contribution in [3.63, 3.8) is 0 Å². The number of halogens is 3. The molecular weight excluding hydrogens is 237 g/mol. The van der Waals surface area contributed by atoms with E-state index in [0.717, 1.165) is 0 Å². The van der Waals surface area contributed by atoms with Gasteiger partial charge in [-0.2, -0.15) is 13.2 Å². The van der Waals surface area contributed by atoms with Crippen LogP contribution in [-0.2, 0) is 0 Å². The number of hydrogen-bond donors (Lipinski definition) is 2. The number of aryl methyl sites for hydroxylation is 1. The zero-order valence-corrected chi connectivity index (χ0v) is 8.95. The number of aliphatic hydroxyl groups excluding tert-OH is 1. The largest absolute Gasteiger partial charge is 0.416 e. The number of amides is 1. The standard InChI is InChI=1S/C10H11F3N2O2/c1-6-7(3-2-4-14-6)9(17)15-5-8(16)10(11,12)13/h2-4,8,16H,5H2,1H3,(H,15,17). The molecule has 1 aromatic rings. The number of nitrogens with zero attached hydrogens (tertiary/aromatic N) is 1. The van der Waals surface area contributed by atoms with Crippen molar-refractivity contribution in [3.05, 3.63) is 29.6 Å². The zero-order chi connectivity index (χ0) is 13.1. The van der Waals surface area contributed by atoms with Crippen LogP contribution in [0.3, 0.4) is 0 Å². The van der Waals surface area contributed by atoms with Crippen LogP contribution in [0.25, 0.3) is 0 Å². The predicted molar refractivity (Wildman–Crippen MR) is 53.4 cm³/mol. The summed E-state index contributed by atoms with van der Waals surface area (Å²) >= 11 is 0. The topological polar surface area (TPSA) is 62.2 Å². The zero-order valence-electron chi connectivity index (χ0n) is 8.95. The first-order valence-electron chi connectivity index (χ1n) is 4.77. The highest BCUT2D eigenvalue weighted by atomic mass is 19.4. The number of alkyl halides is 3. The Morgan fingerprint density at radius 3 is 2.76 bits per heavy atom. The van der Waals surface area contributed by atoms with Gasteiger partial charge in [0.05, 0.1) is 12.1 Å². The summed E-state index contributed by atoms with van der Waals surface area (Å²) in [5.41, 5.74) is 0.591. The summed E-state index contributed by atoms with van der Waals surface area (Å²) in [7, 11) is 0. The van der Waals surface area contributed by atoms with E-state index in [9.17, 15) is 18.0 Å². The normalized spacial score (nSPS) is 13.2. The molecule has 0 saturated carbocycles. The first kappa shape index (κ1) is 13.4. The van der Waals surface area contributed by atoms with Crippen molar-refractivity contribution >= 4 is 5.91 Å². The molecule has 0 spiro atoms. The molecule has 1 amide bonds. The van der Waals surface area contributed by atoms with Gasteiger partial charge in [0.15, 0.2) is 6.10 Å². The van der Waals surface area contributed by atoms with Crippen molar-refractivity contribution in [2.24, 2.45) is 0 Å². The molecule has 0 saturated heterocycles. The Labute approximate surface area is 95.5 Å². The van der Waals surface area contributed by atoms with E-state index >= 15 is 0 Å². The van der Waals surface area contributed by atoms with Gasteiger partial charge in [-0.25, -0.2) is 0 Å². The van der Waals surface area contributed by atoms with Crippen molar-refractivity contribution in [1.82, 2.24) is 10.3 Å². The van der Waals surface area contributed by atoms with Gasteiger partial charge in [0.2, 0.25) is 0 Å². The fraction of sp³-hybridized carbons (Fsp3) is 0.400. The third kappa shape index (κ3) is 3.70. The van der Waals surface area contributed by atoms with Crippen LogP contribution in [0.2, 0.25) is 0 Å². The van der Waals surface area contributed by atoms with Gasteiger partial charge in [-0.3, -0.25) is 9.78 Å². The lowest BCUT2D eigenvalue weighted by atomic mass is 10.2. The molecule has 0 bridgehead atoms. The van der Waals surface area contributed by atoms with Crippen molar-refractivity contribution in [2.75, 3.05) is 6.54 Å². The maximum Gasteiger partial charge on any atom is 0.416 e. The van der Waals surface area contributed by atoms with Crippen LogP contribution >= 0.6 is 0 Å². The van der Waals surface area contributed by atoms with Crippen molar-refractivity contribution in [1.29, 1.82) is 0 Å². The SMILES string of the molecule is Cc1ncccc1C(=O)NCC(O)C(F)(F)F. The van der Waals surface area contributed by atoms with E-state index in [1.165, 1.54) is 18.3 Å². The minimum Gasteiger partial charge on any atom is -0.382 e. The summed E-state index contributed by atoms with van der Waals surface area (Å²) in [5.74, 6) is -0.695. The van der Waals surface area contributed by atoms with E-state index in [1.54, 1.807) is 6.92 Å². The first-order chi connectivity index (χ1) is 7.82. The lowest BCUT2D eigenvalue weighted by molar-refractivity contribution is -0.201. The fourth-order valence-electron chi connectivity index (χ4n) is 1.12. The van der Waals surface area contributed by atoms with Crippen molar-refractivity contribution in [3.8, 4) is 0 Å². The average molecular weight is 248 g/mol. The maximum absolute atomic E-state index is 12.0.